The standard InChI is InChI=1S/C16H14ClF3O3S2/c1-10-3-6-12(7-4-10)25(21,22)23-15(16(18,19)20)11-5-8-14(24-2)13(17)9-11/h3-9,15H,1-2H3. The number of hydrogen-bond acceptors (Lipinski definition) is 4. The van der Waals surface area contributed by atoms with E-state index in [2.05, 4.69) is 4.18 Å². The van der Waals surface area contributed by atoms with Gasteiger partial charge in [-0.15, -0.1) is 11.8 Å². The number of thioether (sulfide) groups is 1. The van der Waals surface area contributed by atoms with E-state index < -0.39 is 22.4 Å². The lowest BCUT2D eigenvalue weighted by atomic mass is 10.1. The smallest absolute Gasteiger partial charge is 0.248 e. The summed E-state index contributed by atoms with van der Waals surface area (Å²) in [5.74, 6) is 0. The number of rotatable bonds is 5. The van der Waals surface area contributed by atoms with E-state index in [1.165, 1.54) is 42.1 Å². The van der Waals surface area contributed by atoms with Gasteiger partial charge in [-0.05, 0) is 43.0 Å². The molecule has 0 aliphatic carbocycles. The van der Waals surface area contributed by atoms with E-state index >= 15 is 0 Å². The van der Waals surface area contributed by atoms with E-state index in [0.29, 0.717) is 4.90 Å². The number of aryl methyl sites for hydroxylation is 1. The third-order valence-corrected chi connectivity index (χ3v) is 5.82. The second-order valence-electron chi connectivity index (χ2n) is 5.18. The molecule has 0 fully saturated rings. The third kappa shape index (κ3) is 4.91. The number of alkyl halides is 3. The highest BCUT2D eigenvalue weighted by Gasteiger charge is 2.45. The van der Waals surface area contributed by atoms with E-state index in [4.69, 9.17) is 11.6 Å². The van der Waals surface area contributed by atoms with Crippen LogP contribution in [0.5, 0.6) is 0 Å². The van der Waals surface area contributed by atoms with Crippen molar-refractivity contribution in [1.82, 2.24) is 0 Å². The van der Waals surface area contributed by atoms with Gasteiger partial charge in [0.2, 0.25) is 0 Å². The predicted molar refractivity (Wildman–Crippen MR) is 91.5 cm³/mol. The van der Waals surface area contributed by atoms with E-state index in [9.17, 15) is 21.6 Å². The molecule has 0 amide bonds. The van der Waals surface area contributed by atoms with Crippen LogP contribution >= 0.6 is 23.4 Å². The molecule has 3 nitrogen and oxygen atoms in total. The minimum Gasteiger partial charge on any atom is -0.248 e. The van der Waals surface area contributed by atoms with E-state index in [1.54, 1.807) is 13.2 Å². The van der Waals surface area contributed by atoms with Crippen molar-refractivity contribution in [2.45, 2.75) is 29.0 Å². The molecule has 0 heterocycles. The van der Waals surface area contributed by atoms with Crippen molar-refractivity contribution in [2.75, 3.05) is 6.26 Å². The number of benzene rings is 2. The Morgan fingerprint density at radius 2 is 1.72 bits per heavy atom. The Labute approximate surface area is 153 Å². The average Bonchev–Trinajstić information content (AvgIpc) is 2.52. The lowest BCUT2D eigenvalue weighted by Crippen LogP contribution is -2.26. The fourth-order valence-corrected chi connectivity index (χ4v) is 3.96. The molecule has 2 aromatic rings. The highest BCUT2D eigenvalue weighted by molar-refractivity contribution is 7.98. The van der Waals surface area contributed by atoms with Crippen LogP contribution in [0.25, 0.3) is 0 Å². The van der Waals surface area contributed by atoms with Gasteiger partial charge in [-0.3, -0.25) is 0 Å². The lowest BCUT2D eigenvalue weighted by Gasteiger charge is -2.21. The first-order valence-corrected chi connectivity index (χ1v) is 9.96. The van der Waals surface area contributed by atoms with Gasteiger partial charge in [0.05, 0.1) is 9.92 Å². The minimum absolute atomic E-state index is 0.0931. The van der Waals surface area contributed by atoms with Gasteiger partial charge in [0.1, 0.15) is 0 Å². The quantitative estimate of drug-likeness (QED) is 0.490. The van der Waals surface area contributed by atoms with Crippen LogP contribution in [-0.2, 0) is 14.3 Å². The fraction of sp³-hybridized carbons (Fsp3) is 0.250. The summed E-state index contributed by atoms with van der Waals surface area (Å²) in [4.78, 5) is 0.229. The van der Waals surface area contributed by atoms with Gasteiger partial charge in [0, 0.05) is 4.90 Å². The first-order valence-electron chi connectivity index (χ1n) is 6.94. The molecule has 1 unspecified atom stereocenters. The molecule has 9 heteroatoms. The zero-order chi connectivity index (χ0) is 18.8. The van der Waals surface area contributed by atoms with Crippen LogP contribution in [0.1, 0.15) is 17.2 Å². The molecule has 0 spiro atoms. The molecule has 0 aliphatic heterocycles. The molecular weight excluding hydrogens is 397 g/mol. The van der Waals surface area contributed by atoms with Crippen LogP contribution in [0.3, 0.4) is 0 Å². The van der Waals surface area contributed by atoms with E-state index in [-0.39, 0.29) is 15.5 Å². The summed E-state index contributed by atoms with van der Waals surface area (Å²) in [5.41, 5.74) is 0.386. The predicted octanol–water partition coefficient (Wildman–Crippen LogP) is 5.38. The van der Waals surface area contributed by atoms with Crippen molar-refractivity contribution in [3.8, 4) is 0 Å². The highest BCUT2D eigenvalue weighted by atomic mass is 35.5. The molecule has 0 aromatic heterocycles. The molecule has 2 rings (SSSR count). The number of hydrogen-bond donors (Lipinski definition) is 0. The largest absolute Gasteiger partial charge is 0.420 e. The Morgan fingerprint density at radius 1 is 1.12 bits per heavy atom. The van der Waals surface area contributed by atoms with Crippen molar-refractivity contribution in [3.05, 3.63) is 58.6 Å². The summed E-state index contributed by atoms with van der Waals surface area (Å²) < 4.78 is 69.1. The Hall–Kier alpha value is -1.22. The van der Waals surface area contributed by atoms with Gasteiger partial charge in [0.15, 0.2) is 6.10 Å². The van der Waals surface area contributed by atoms with Crippen LogP contribution in [0.15, 0.2) is 52.3 Å². The zero-order valence-electron chi connectivity index (χ0n) is 13.2. The molecule has 0 radical (unpaired) electrons. The molecular formula is C16H14ClF3O3S2. The normalized spacial score (nSPS) is 13.7. The van der Waals surface area contributed by atoms with Crippen molar-refractivity contribution in [3.63, 3.8) is 0 Å². The first-order chi connectivity index (χ1) is 11.5. The van der Waals surface area contributed by atoms with Crippen LogP contribution in [0, 0.1) is 6.92 Å². The van der Waals surface area contributed by atoms with Crippen molar-refractivity contribution in [2.24, 2.45) is 0 Å². The SMILES string of the molecule is CSc1ccc(C(OS(=O)(=O)c2ccc(C)cc2)C(F)(F)F)cc1Cl. The van der Waals surface area contributed by atoms with Crippen LogP contribution < -0.4 is 0 Å². The summed E-state index contributed by atoms with van der Waals surface area (Å²) in [7, 11) is -4.60. The lowest BCUT2D eigenvalue weighted by molar-refractivity contribution is -0.196. The Kier molecular flexibility index (Phi) is 6.09. The monoisotopic (exact) mass is 410 g/mol. The Bertz CT molecular complexity index is 850. The van der Waals surface area contributed by atoms with Crippen LogP contribution in [0.2, 0.25) is 5.02 Å². The van der Waals surface area contributed by atoms with E-state index in [1.807, 2.05) is 0 Å². The van der Waals surface area contributed by atoms with Gasteiger partial charge in [0.25, 0.3) is 10.1 Å². The van der Waals surface area contributed by atoms with Crippen molar-refractivity contribution in [1.29, 1.82) is 0 Å². The molecule has 0 N–H and O–H groups in total. The topological polar surface area (TPSA) is 43.4 Å². The van der Waals surface area contributed by atoms with Crippen molar-refractivity contribution >= 4 is 33.5 Å². The van der Waals surface area contributed by atoms with E-state index in [0.717, 1.165) is 17.7 Å². The van der Waals surface area contributed by atoms with Crippen molar-refractivity contribution < 1.29 is 25.8 Å². The molecule has 25 heavy (non-hydrogen) atoms. The summed E-state index contributed by atoms with van der Waals surface area (Å²) >= 11 is 7.20. The fourth-order valence-electron chi connectivity index (χ4n) is 2.03. The summed E-state index contributed by atoms with van der Waals surface area (Å²) in [6.45, 7) is 1.73. The van der Waals surface area contributed by atoms with Gasteiger partial charge in [-0.25, -0.2) is 4.18 Å². The second-order valence-corrected chi connectivity index (χ2v) is 8.01. The maximum absolute atomic E-state index is 13.4. The van der Waals surface area contributed by atoms with Gasteiger partial charge < -0.3 is 0 Å². The van der Waals surface area contributed by atoms with Crippen LogP contribution in [-0.4, -0.2) is 20.8 Å². The molecule has 0 saturated carbocycles. The number of halogens is 4. The highest BCUT2D eigenvalue weighted by Crippen LogP contribution is 2.40. The minimum atomic E-state index is -4.93. The third-order valence-electron chi connectivity index (χ3n) is 3.31. The summed E-state index contributed by atoms with van der Waals surface area (Å²) in [6, 6.07) is 8.95. The van der Waals surface area contributed by atoms with Gasteiger partial charge >= 0.3 is 6.18 Å². The second kappa shape index (κ2) is 7.57. The average molecular weight is 411 g/mol. The summed E-state index contributed by atoms with van der Waals surface area (Å²) in [6.07, 6.45) is -5.85. The molecule has 0 bridgehead atoms. The maximum Gasteiger partial charge on any atom is 0.420 e. The summed E-state index contributed by atoms with van der Waals surface area (Å²) in [5, 5.41) is 0.0931. The van der Waals surface area contributed by atoms with Gasteiger partial charge in [-0.1, -0.05) is 35.4 Å². The molecule has 0 saturated heterocycles. The Morgan fingerprint density at radius 3 is 2.20 bits per heavy atom. The van der Waals surface area contributed by atoms with Crippen LogP contribution in [0.4, 0.5) is 13.2 Å². The zero-order valence-corrected chi connectivity index (χ0v) is 15.6. The van der Waals surface area contributed by atoms with Gasteiger partial charge in [-0.2, -0.15) is 21.6 Å². The molecule has 2 aromatic carbocycles. The maximum atomic E-state index is 13.4. The molecule has 1 atom stereocenters. The Balaban J connectivity index is 2.42. The molecule has 0 aliphatic rings. The molecule has 136 valence electrons. The first kappa shape index (κ1) is 20.1.